The maximum absolute atomic E-state index is 12.2. The minimum absolute atomic E-state index is 0.0345. The normalized spacial score (nSPS) is 11.5. The molecular weight excluding hydrogens is 298 g/mol. The van der Waals surface area contributed by atoms with Gasteiger partial charge >= 0.3 is 0 Å². The van der Waals surface area contributed by atoms with Gasteiger partial charge in [0.2, 0.25) is 10.0 Å². The highest BCUT2D eigenvalue weighted by atomic mass is 35.5. The van der Waals surface area contributed by atoms with Gasteiger partial charge in [-0.15, -0.1) is 0 Å². The highest BCUT2D eigenvalue weighted by molar-refractivity contribution is 7.89. The Morgan fingerprint density at radius 1 is 1.35 bits per heavy atom. The van der Waals surface area contributed by atoms with Crippen molar-refractivity contribution in [3.63, 3.8) is 0 Å². The van der Waals surface area contributed by atoms with E-state index < -0.39 is 10.0 Å². The predicted molar refractivity (Wildman–Crippen MR) is 78.9 cm³/mol. The quantitative estimate of drug-likeness (QED) is 0.847. The third kappa shape index (κ3) is 3.27. The summed E-state index contributed by atoms with van der Waals surface area (Å²) in [5, 5.41) is 0.129. The highest BCUT2D eigenvalue weighted by Crippen LogP contribution is 2.23. The fraction of sp³-hybridized carbons (Fsp3) is 0.154. The second-order valence-electron chi connectivity index (χ2n) is 4.28. The van der Waals surface area contributed by atoms with Crippen molar-refractivity contribution in [1.82, 2.24) is 9.71 Å². The van der Waals surface area contributed by atoms with Gasteiger partial charge in [0.25, 0.3) is 0 Å². The van der Waals surface area contributed by atoms with Gasteiger partial charge in [-0.2, -0.15) is 0 Å². The molecule has 0 bridgehead atoms. The first-order valence-electron chi connectivity index (χ1n) is 5.85. The van der Waals surface area contributed by atoms with Crippen LogP contribution in [0.15, 0.2) is 41.4 Å². The third-order valence-electron chi connectivity index (χ3n) is 2.79. The first-order chi connectivity index (χ1) is 9.40. The molecule has 7 heteroatoms. The highest BCUT2D eigenvalue weighted by Gasteiger charge is 2.18. The molecule has 0 saturated carbocycles. The van der Waals surface area contributed by atoms with Gasteiger partial charge in [-0.05, 0) is 36.8 Å². The van der Waals surface area contributed by atoms with E-state index in [2.05, 4.69) is 9.71 Å². The average Bonchev–Trinajstić information content (AvgIpc) is 2.40. The Morgan fingerprint density at radius 2 is 2.10 bits per heavy atom. The van der Waals surface area contributed by atoms with Crippen molar-refractivity contribution >= 4 is 27.3 Å². The molecule has 0 aliphatic heterocycles. The Morgan fingerprint density at radius 3 is 2.80 bits per heavy atom. The smallest absolute Gasteiger partial charge is 0.242 e. The van der Waals surface area contributed by atoms with Crippen LogP contribution in [-0.2, 0) is 16.6 Å². The van der Waals surface area contributed by atoms with Crippen molar-refractivity contribution in [2.24, 2.45) is 0 Å². The molecule has 3 N–H and O–H groups in total. The van der Waals surface area contributed by atoms with E-state index in [-0.39, 0.29) is 16.5 Å². The molecule has 0 saturated heterocycles. The molecule has 1 heterocycles. The Labute approximate surface area is 122 Å². The molecular formula is C13H14ClN3O2S. The lowest BCUT2D eigenvalue weighted by molar-refractivity contribution is 0.580. The number of sulfonamides is 1. The van der Waals surface area contributed by atoms with E-state index in [0.717, 1.165) is 5.56 Å². The van der Waals surface area contributed by atoms with Gasteiger partial charge in [-0.25, -0.2) is 13.1 Å². The van der Waals surface area contributed by atoms with E-state index in [4.69, 9.17) is 17.3 Å². The molecule has 20 heavy (non-hydrogen) atoms. The summed E-state index contributed by atoms with van der Waals surface area (Å²) in [6.45, 7) is 1.96. The van der Waals surface area contributed by atoms with Crippen LogP contribution in [0.4, 0.5) is 5.69 Å². The van der Waals surface area contributed by atoms with Crippen LogP contribution in [0.1, 0.15) is 11.3 Å². The summed E-state index contributed by atoms with van der Waals surface area (Å²) in [5.74, 6) is 0. The minimum Gasteiger partial charge on any atom is -0.399 e. The van der Waals surface area contributed by atoms with E-state index in [1.807, 2.05) is 13.0 Å². The number of nitrogens with one attached hydrogen (secondary N) is 1. The molecule has 0 atom stereocenters. The number of hydrogen-bond acceptors (Lipinski definition) is 4. The third-order valence-corrected chi connectivity index (χ3v) is 4.68. The van der Waals surface area contributed by atoms with Crippen LogP contribution in [0.5, 0.6) is 0 Å². The number of halogens is 1. The lowest BCUT2D eigenvalue weighted by Crippen LogP contribution is -2.24. The molecule has 5 nitrogen and oxygen atoms in total. The zero-order valence-electron chi connectivity index (χ0n) is 10.8. The molecule has 2 aromatic rings. The van der Waals surface area contributed by atoms with Crippen LogP contribution < -0.4 is 10.5 Å². The summed E-state index contributed by atoms with van der Waals surface area (Å²) in [6.07, 6.45) is 1.62. The lowest BCUT2D eigenvalue weighted by Gasteiger charge is -2.10. The largest absolute Gasteiger partial charge is 0.399 e. The van der Waals surface area contributed by atoms with Crippen molar-refractivity contribution in [3.05, 3.63) is 52.8 Å². The fourth-order valence-corrected chi connectivity index (χ4v) is 3.19. The predicted octanol–water partition coefficient (Wildman–Crippen LogP) is 2.10. The van der Waals surface area contributed by atoms with Crippen molar-refractivity contribution in [3.8, 4) is 0 Å². The second kappa shape index (κ2) is 5.78. The molecule has 106 valence electrons. The summed E-state index contributed by atoms with van der Waals surface area (Å²) >= 11 is 5.90. The Bertz CT molecular complexity index is 732. The average molecular weight is 312 g/mol. The van der Waals surface area contributed by atoms with Gasteiger partial charge in [0.1, 0.15) is 4.90 Å². The summed E-state index contributed by atoms with van der Waals surface area (Å²) in [5.41, 5.74) is 7.50. The fourth-order valence-electron chi connectivity index (χ4n) is 1.67. The molecule has 1 aromatic carbocycles. The van der Waals surface area contributed by atoms with Crippen LogP contribution in [0, 0.1) is 6.92 Å². The van der Waals surface area contributed by atoms with Gasteiger partial charge in [-0.3, -0.25) is 4.98 Å². The molecule has 1 aromatic heterocycles. The first-order valence-corrected chi connectivity index (χ1v) is 7.71. The maximum atomic E-state index is 12.2. The number of aromatic nitrogens is 1. The molecule has 2 rings (SSSR count). The number of aryl methyl sites for hydroxylation is 1. The van der Waals surface area contributed by atoms with Gasteiger partial charge < -0.3 is 5.73 Å². The number of rotatable bonds is 4. The van der Waals surface area contributed by atoms with Crippen molar-refractivity contribution < 1.29 is 8.42 Å². The Hall–Kier alpha value is -1.63. The monoisotopic (exact) mass is 311 g/mol. The van der Waals surface area contributed by atoms with Gasteiger partial charge in [-0.1, -0.05) is 17.7 Å². The van der Waals surface area contributed by atoms with Crippen LogP contribution in [0.25, 0.3) is 0 Å². The summed E-state index contributed by atoms with van der Waals surface area (Å²) in [7, 11) is -3.73. The van der Waals surface area contributed by atoms with E-state index in [1.54, 1.807) is 18.3 Å². The van der Waals surface area contributed by atoms with Crippen LogP contribution in [-0.4, -0.2) is 13.4 Å². The van der Waals surface area contributed by atoms with Gasteiger partial charge in [0.15, 0.2) is 0 Å². The van der Waals surface area contributed by atoms with Crippen LogP contribution in [0.3, 0.4) is 0 Å². The number of anilines is 1. The molecule has 0 radical (unpaired) electrons. The van der Waals surface area contributed by atoms with E-state index in [0.29, 0.717) is 11.4 Å². The maximum Gasteiger partial charge on any atom is 0.242 e. The molecule has 0 aliphatic rings. The second-order valence-corrected chi connectivity index (χ2v) is 6.42. The van der Waals surface area contributed by atoms with Crippen molar-refractivity contribution in [2.75, 3.05) is 5.73 Å². The number of hydrogen-bond donors (Lipinski definition) is 2. The van der Waals surface area contributed by atoms with Crippen LogP contribution >= 0.6 is 11.6 Å². The number of nitrogens with two attached hydrogens (primary N) is 1. The van der Waals surface area contributed by atoms with E-state index >= 15 is 0 Å². The Balaban J connectivity index is 2.24. The van der Waals surface area contributed by atoms with Crippen molar-refractivity contribution in [1.29, 1.82) is 0 Å². The molecule has 0 unspecified atom stereocenters. The molecule has 0 amide bonds. The Kier molecular flexibility index (Phi) is 4.27. The topological polar surface area (TPSA) is 85.1 Å². The van der Waals surface area contributed by atoms with E-state index in [1.165, 1.54) is 12.1 Å². The molecule has 0 spiro atoms. The first kappa shape index (κ1) is 14.8. The zero-order valence-corrected chi connectivity index (χ0v) is 12.4. The van der Waals surface area contributed by atoms with E-state index in [9.17, 15) is 8.42 Å². The molecule has 0 aliphatic carbocycles. The van der Waals surface area contributed by atoms with Crippen molar-refractivity contribution in [2.45, 2.75) is 18.4 Å². The number of pyridine rings is 1. The minimum atomic E-state index is -3.73. The number of nitrogen functional groups attached to an aromatic ring is 1. The SMILES string of the molecule is Cc1cccnc1CNS(=O)(=O)c1cc(N)ccc1Cl. The standard InChI is InChI=1S/C13H14ClN3O2S/c1-9-3-2-6-16-12(9)8-17-20(18,19)13-7-10(15)4-5-11(13)14/h2-7,17H,8,15H2,1H3. The number of nitrogens with zero attached hydrogens (tertiary/aromatic N) is 1. The zero-order chi connectivity index (χ0) is 14.8. The van der Waals surface area contributed by atoms with Gasteiger partial charge in [0, 0.05) is 11.9 Å². The van der Waals surface area contributed by atoms with Gasteiger partial charge in [0.05, 0.1) is 17.3 Å². The molecule has 0 fully saturated rings. The summed E-state index contributed by atoms with van der Waals surface area (Å²) in [6, 6.07) is 7.99. The van der Waals surface area contributed by atoms with Crippen LogP contribution in [0.2, 0.25) is 5.02 Å². The lowest BCUT2D eigenvalue weighted by atomic mass is 10.2. The number of benzene rings is 1. The summed E-state index contributed by atoms with van der Waals surface area (Å²) < 4.78 is 26.9. The summed E-state index contributed by atoms with van der Waals surface area (Å²) in [4.78, 5) is 4.10.